The molecule has 2 saturated heterocycles. The fourth-order valence-electron chi connectivity index (χ4n) is 2.28. The Bertz CT molecular complexity index is 282. The monoisotopic (exact) mass is 229 g/mol. The number of carbonyl (C=O) groups excluding carboxylic acids is 1. The third-order valence-corrected chi connectivity index (χ3v) is 4.36. The van der Waals surface area contributed by atoms with Gasteiger partial charge in [0.2, 0.25) is 5.91 Å². The second-order valence-corrected chi connectivity index (χ2v) is 5.30. The first-order valence-electron chi connectivity index (χ1n) is 5.35. The molecular weight excluding hydrogens is 214 g/mol. The predicted molar refractivity (Wildman–Crippen MR) is 57.6 cm³/mol. The lowest BCUT2D eigenvalue weighted by molar-refractivity contribution is -0.152. The maximum atomic E-state index is 11.8. The highest BCUT2D eigenvalue weighted by Gasteiger charge is 2.39. The van der Waals surface area contributed by atoms with Gasteiger partial charge >= 0.3 is 5.97 Å². The van der Waals surface area contributed by atoms with Crippen LogP contribution in [0, 0.1) is 0 Å². The van der Waals surface area contributed by atoms with E-state index in [1.54, 1.807) is 16.7 Å². The van der Waals surface area contributed by atoms with E-state index >= 15 is 0 Å². The number of hydrogen-bond acceptors (Lipinski definition) is 3. The van der Waals surface area contributed by atoms with Crippen molar-refractivity contribution in [3.8, 4) is 0 Å². The van der Waals surface area contributed by atoms with Crippen molar-refractivity contribution in [1.29, 1.82) is 0 Å². The summed E-state index contributed by atoms with van der Waals surface area (Å²) in [6, 6.07) is -0.582. The predicted octanol–water partition coefficient (Wildman–Crippen LogP) is 1.31. The quantitative estimate of drug-likeness (QED) is 0.736. The molecule has 15 heavy (non-hydrogen) atoms. The molecule has 0 spiro atoms. The molecule has 4 nitrogen and oxygen atoms in total. The lowest BCUT2D eigenvalue weighted by Crippen LogP contribution is -2.51. The lowest BCUT2D eigenvalue weighted by atomic mass is 10.0. The molecule has 1 amide bonds. The zero-order valence-corrected chi connectivity index (χ0v) is 9.33. The number of aliphatic carboxylic acids is 1. The Labute approximate surface area is 93.0 Å². The minimum Gasteiger partial charge on any atom is -0.480 e. The Kier molecular flexibility index (Phi) is 3.19. The summed E-state index contributed by atoms with van der Waals surface area (Å²) in [4.78, 5) is 24.5. The van der Waals surface area contributed by atoms with Crippen molar-refractivity contribution in [2.24, 2.45) is 0 Å². The highest BCUT2D eigenvalue weighted by molar-refractivity contribution is 7.99. The van der Waals surface area contributed by atoms with Gasteiger partial charge in [-0.15, -0.1) is 11.8 Å². The van der Waals surface area contributed by atoms with Gasteiger partial charge in [0.1, 0.15) is 6.04 Å². The van der Waals surface area contributed by atoms with Gasteiger partial charge in [-0.05, 0) is 31.4 Å². The molecule has 2 aliphatic heterocycles. The molecule has 0 radical (unpaired) electrons. The molecule has 2 rings (SSSR count). The zero-order valence-electron chi connectivity index (χ0n) is 8.52. The van der Waals surface area contributed by atoms with Crippen LogP contribution in [0.15, 0.2) is 0 Å². The number of fused-ring (bicyclic) bond motifs is 1. The minimum absolute atomic E-state index is 0.0251. The van der Waals surface area contributed by atoms with E-state index in [9.17, 15) is 9.59 Å². The van der Waals surface area contributed by atoms with Crippen LogP contribution in [0.25, 0.3) is 0 Å². The number of carbonyl (C=O) groups is 2. The summed E-state index contributed by atoms with van der Waals surface area (Å²) in [6.45, 7) is 0. The van der Waals surface area contributed by atoms with Gasteiger partial charge < -0.3 is 10.0 Å². The van der Waals surface area contributed by atoms with Crippen LogP contribution in [0.4, 0.5) is 0 Å². The van der Waals surface area contributed by atoms with Gasteiger partial charge in [-0.1, -0.05) is 0 Å². The summed E-state index contributed by atoms with van der Waals surface area (Å²) in [5, 5.41) is 9.19. The van der Waals surface area contributed by atoms with Gasteiger partial charge in [0.15, 0.2) is 0 Å². The molecule has 0 saturated carbocycles. The Hall–Kier alpha value is -0.710. The van der Waals surface area contributed by atoms with Crippen molar-refractivity contribution in [2.75, 3.05) is 5.75 Å². The molecule has 0 bridgehead atoms. The van der Waals surface area contributed by atoms with Crippen LogP contribution in [0.3, 0.4) is 0 Å². The van der Waals surface area contributed by atoms with E-state index in [0.717, 1.165) is 25.0 Å². The van der Waals surface area contributed by atoms with Crippen molar-refractivity contribution in [3.05, 3.63) is 0 Å². The number of hydrogen-bond donors (Lipinski definition) is 1. The average molecular weight is 229 g/mol. The molecule has 84 valence electrons. The summed E-state index contributed by atoms with van der Waals surface area (Å²) in [5.41, 5.74) is 0. The van der Waals surface area contributed by atoms with Gasteiger partial charge in [-0.2, -0.15) is 0 Å². The standard InChI is InChI=1S/C10H15NO3S/c12-8-4-2-6-15-9-5-1-3-7(10(13)14)11(8)9/h7,9H,1-6H2,(H,13,14). The van der Waals surface area contributed by atoms with E-state index in [2.05, 4.69) is 0 Å². The van der Waals surface area contributed by atoms with Crippen molar-refractivity contribution in [3.63, 3.8) is 0 Å². The zero-order chi connectivity index (χ0) is 10.8. The summed E-state index contributed by atoms with van der Waals surface area (Å²) in [6.07, 6.45) is 3.85. The second kappa shape index (κ2) is 4.43. The first-order valence-corrected chi connectivity index (χ1v) is 6.40. The molecular formula is C10H15NO3S. The molecule has 2 fully saturated rings. The molecule has 0 aromatic rings. The highest BCUT2D eigenvalue weighted by atomic mass is 32.2. The molecule has 0 aromatic carbocycles. The van der Waals surface area contributed by atoms with Crippen molar-refractivity contribution >= 4 is 23.6 Å². The van der Waals surface area contributed by atoms with Crippen LogP contribution in [0.2, 0.25) is 0 Å². The van der Waals surface area contributed by atoms with E-state index in [0.29, 0.717) is 12.8 Å². The number of carboxylic acid groups (broad SMARTS) is 1. The van der Waals surface area contributed by atoms with Crippen LogP contribution >= 0.6 is 11.8 Å². The number of rotatable bonds is 1. The molecule has 0 aliphatic carbocycles. The Balaban J connectivity index is 2.20. The first-order chi connectivity index (χ1) is 7.20. The SMILES string of the molecule is O=C(O)C1CCCC2SCCCC(=O)N21. The van der Waals surface area contributed by atoms with Crippen LogP contribution in [0.1, 0.15) is 32.1 Å². The largest absolute Gasteiger partial charge is 0.480 e. The number of amides is 1. The van der Waals surface area contributed by atoms with Crippen molar-refractivity contribution in [2.45, 2.75) is 43.5 Å². The third kappa shape index (κ3) is 2.12. The smallest absolute Gasteiger partial charge is 0.326 e. The fourth-order valence-corrected chi connectivity index (χ4v) is 3.62. The summed E-state index contributed by atoms with van der Waals surface area (Å²) in [5.74, 6) is 0.145. The summed E-state index contributed by atoms with van der Waals surface area (Å²) >= 11 is 1.73. The van der Waals surface area contributed by atoms with Gasteiger partial charge in [0.05, 0.1) is 5.37 Å². The normalized spacial score (nSPS) is 32.0. The van der Waals surface area contributed by atoms with E-state index in [-0.39, 0.29) is 11.3 Å². The van der Waals surface area contributed by atoms with E-state index in [1.165, 1.54) is 0 Å². The summed E-state index contributed by atoms with van der Waals surface area (Å²) in [7, 11) is 0. The molecule has 5 heteroatoms. The Morgan fingerprint density at radius 2 is 2.20 bits per heavy atom. The van der Waals surface area contributed by atoms with Gasteiger partial charge in [-0.3, -0.25) is 4.79 Å². The van der Waals surface area contributed by atoms with E-state index in [4.69, 9.17) is 5.11 Å². The maximum Gasteiger partial charge on any atom is 0.326 e. The van der Waals surface area contributed by atoms with E-state index < -0.39 is 12.0 Å². The number of thioether (sulfide) groups is 1. The molecule has 2 unspecified atom stereocenters. The minimum atomic E-state index is -0.851. The maximum absolute atomic E-state index is 11.8. The first kappa shape index (κ1) is 10.8. The van der Waals surface area contributed by atoms with Gasteiger partial charge in [0, 0.05) is 6.42 Å². The Morgan fingerprint density at radius 3 is 2.93 bits per heavy atom. The van der Waals surface area contributed by atoms with Gasteiger partial charge in [0.25, 0.3) is 0 Å². The topological polar surface area (TPSA) is 57.6 Å². The lowest BCUT2D eigenvalue weighted by Gasteiger charge is -2.38. The van der Waals surface area contributed by atoms with Crippen molar-refractivity contribution < 1.29 is 14.7 Å². The van der Waals surface area contributed by atoms with Crippen LogP contribution < -0.4 is 0 Å². The Morgan fingerprint density at radius 1 is 1.40 bits per heavy atom. The number of carboxylic acids is 1. The van der Waals surface area contributed by atoms with Crippen LogP contribution in [-0.2, 0) is 9.59 Å². The molecule has 0 aromatic heterocycles. The van der Waals surface area contributed by atoms with Crippen molar-refractivity contribution in [1.82, 2.24) is 4.90 Å². The fraction of sp³-hybridized carbons (Fsp3) is 0.800. The van der Waals surface area contributed by atoms with Crippen LogP contribution in [0.5, 0.6) is 0 Å². The molecule has 2 aliphatic rings. The molecule has 2 atom stereocenters. The molecule has 2 heterocycles. The van der Waals surface area contributed by atoms with Gasteiger partial charge in [-0.25, -0.2) is 4.79 Å². The molecule has 1 N–H and O–H groups in total. The summed E-state index contributed by atoms with van der Waals surface area (Å²) < 4.78 is 0. The number of piperidine rings is 1. The second-order valence-electron chi connectivity index (χ2n) is 4.01. The van der Waals surface area contributed by atoms with Crippen LogP contribution in [-0.4, -0.2) is 39.1 Å². The highest BCUT2D eigenvalue weighted by Crippen LogP contribution is 2.33. The van der Waals surface area contributed by atoms with E-state index in [1.807, 2.05) is 0 Å². The third-order valence-electron chi connectivity index (χ3n) is 2.99. The average Bonchev–Trinajstić information content (AvgIpc) is 2.40. The number of nitrogens with zero attached hydrogens (tertiary/aromatic N) is 1.